The molecule has 0 fully saturated rings. The number of rotatable bonds is 4. The summed E-state index contributed by atoms with van der Waals surface area (Å²) in [6.07, 6.45) is 3.31. The van der Waals surface area contributed by atoms with E-state index in [1.165, 1.54) is 6.92 Å². The zero-order valence-corrected chi connectivity index (χ0v) is 12.8. The third-order valence-electron chi connectivity index (χ3n) is 3.52. The van der Waals surface area contributed by atoms with Crippen molar-refractivity contribution in [2.24, 2.45) is 0 Å². The van der Waals surface area contributed by atoms with E-state index in [9.17, 15) is 13.6 Å². The number of benzene rings is 1. The molecule has 0 saturated carbocycles. The summed E-state index contributed by atoms with van der Waals surface area (Å²) in [7, 11) is 0. The number of carbonyl (C=O) groups excluding carboxylic acids is 1. The zero-order valence-electron chi connectivity index (χ0n) is 12.8. The minimum Gasteiger partial charge on any atom is -0.294 e. The van der Waals surface area contributed by atoms with Crippen molar-refractivity contribution < 1.29 is 13.6 Å². The molecule has 0 atom stereocenters. The molecule has 2 rings (SSSR count). The first-order chi connectivity index (χ1) is 10.3. The Hall–Kier alpha value is -2.36. The van der Waals surface area contributed by atoms with Crippen molar-refractivity contribution in [2.75, 3.05) is 0 Å². The van der Waals surface area contributed by atoms with Gasteiger partial charge in [-0.2, -0.15) is 0 Å². The van der Waals surface area contributed by atoms with E-state index < -0.39 is 17.4 Å². The summed E-state index contributed by atoms with van der Waals surface area (Å²) >= 11 is 0. The molecule has 2 nitrogen and oxygen atoms in total. The molecule has 0 spiro atoms. The number of hydrogen-bond donors (Lipinski definition) is 0. The van der Waals surface area contributed by atoms with Crippen molar-refractivity contribution in [3.8, 4) is 11.3 Å². The van der Waals surface area contributed by atoms with Crippen molar-refractivity contribution in [3.63, 3.8) is 0 Å². The monoisotopic (exact) mass is 301 g/mol. The standard InChI is InChI=1S/C18H17F2NO/c1-5-12-6-18(21-9-15(12)10(2)3)14-8-16(19)13(11(4)22)7-17(14)20/h5-10H,1H2,2-4H3. The Morgan fingerprint density at radius 3 is 2.45 bits per heavy atom. The van der Waals surface area contributed by atoms with E-state index in [2.05, 4.69) is 11.6 Å². The highest BCUT2D eigenvalue weighted by Gasteiger charge is 2.16. The van der Waals surface area contributed by atoms with Crippen molar-refractivity contribution in [3.05, 3.63) is 59.3 Å². The maximum atomic E-state index is 14.2. The van der Waals surface area contributed by atoms with E-state index in [1.807, 2.05) is 13.8 Å². The minimum absolute atomic E-state index is 0.0286. The molecule has 1 aromatic heterocycles. The summed E-state index contributed by atoms with van der Waals surface area (Å²) in [5.74, 6) is -1.70. The second-order valence-corrected chi connectivity index (χ2v) is 5.43. The smallest absolute Gasteiger partial charge is 0.162 e. The molecule has 0 amide bonds. The van der Waals surface area contributed by atoms with Gasteiger partial charge in [-0.05, 0) is 42.2 Å². The third kappa shape index (κ3) is 2.96. The Bertz CT molecular complexity index is 751. The molecule has 4 heteroatoms. The molecule has 0 radical (unpaired) electrons. The van der Waals surface area contributed by atoms with Crippen LogP contribution >= 0.6 is 0 Å². The van der Waals surface area contributed by atoms with E-state index in [-0.39, 0.29) is 17.0 Å². The fraction of sp³-hybridized carbons (Fsp3) is 0.222. The van der Waals surface area contributed by atoms with Gasteiger partial charge in [-0.15, -0.1) is 0 Å². The fourth-order valence-corrected chi connectivity index (χ4v) is 2.30. The quantitative estimate of drug-likeness (QED) is 0.744. The molecule has 0 N–H and O–H groups in total. The van der Waals surface area contributed by atoms with E-state index in [0.717, 1.165) is 23.3 Å². The second-order valence-electron chi connectivity index (χ2n) is 5.43. The highest BCUT2D eigenvalue weighted by Crippen LogP contribution is 2.28. The number of carbonyl (C=O) groups is 1. The van der Waals surface area contributed by atoms with Crippen LogP contribution in [0.5, 0.6) is 0 Å². The van der Waals surface area contributed by atoms with Gasteiger partial charge in [0.1, 0.15) is 11.6 Å². The van der Waals surface area contributed by atoms with Gasteiger partial charge in [-0.1, -0.05) is 26.5 Å². The van der Waals surface area contributed by atoms with Gasteiger partial charge in [0, 0.05) is 11.8 Å². The predicted molar refractivity (Wildman–Crippen MR) is 83.8 cm³/mol. The second kappa shape index (κ2) is 6.18. The molecule has 22 heavy (non-hydrogen) atoms. The zero-order chi connectivity index (χ0) is 16.4. The molecule has 0 aliphatic rings. The van der Waals surface area contributed by atoms with Crippen molar-refractivity contribution in [1.29, 1.82) is 0 Å². The summed E-state index contributed by atoms with van der Waals surface area (Å²) in [4.78, 5) is 15.5. The first-order valence-corrected chi connectivity index (χ1v) is 6.97. The van der Waals surface area contributed by atoms with Gasteiger partial charge < -0.3 is 0 Å². The van der Waals surface area contributed by atoms with Gasteiger partial charge in [-0.25, -0.2) is 8.78 Å². The largest absolute Gasteiger partial charge is 0.294 e. The number of aromatic nitrogens is 1. The Labute approximate surface area is 128 Å². The van der Waals surface area contributed by atoms with E-state index in [4.69, 9.17) is 0 Å². The Balaban J connectivity index is 2.60. The molecular weight excluding hydrogens is 284 g/mol. The molecule has 0 aliphatic carbocycles. The lowest BCUT2D eigenvalue weighted by Crippen LogP contribution is -2.01. The van der Waals surface area contributed by atoms with Gasteiger partial charge >= 0.3 is 0 Å². The number of hydrogen-bond acceptors (Lipinski definition) is 2. The summed E-state index contributed by atoms with van der Waals surface area (Å²) < 4.78 is 28.1. The fourth-order valence-electron chi connectivity index (χ4n) is 2.30. The van der Waals surface area contributed by atoms with Gasteiger partial charge in [0.2, 0.25) is 0 Å². The molecule has 1 heterocycles. The maximum Gasteiger partial charge on any atom is 0.162 e. The van der Waals surface area contributed by atoms with E-state index >= 15 is 0 Å². The van der Waals surface area contributed by atoms with Crippen LogP contribution in [0, 0.1) is 11.6 Å². The SMILES string of the molecule is C=Cc1cc(-c2cc(F)c(C(C)=O)cc2F)ncc1C(C)C. The van der Waals surface area contributed by atoms with Crippen LogP contribution in [0.1, 0.15) is 48.2 Å². The highest BCUT2D eigenvalue weighted by molar-refractivity contribution is 5.94. The number of nitrogens with zero attached hydrogens (tertiary/aromatic N) is 1. The van der Waals surface area contributed by atoms with Gasteiger partial charge in [-0.3, -0.25) is 9.78 Å². The molecule has 1 aromatic carbocycles. The highest BCUT2D eigenvalue weighted by atomic mass is 19.1. The molecule has 0 bridgehead atoms. The molecule has 0 aliphatic heterocycles. The van der Waals surface area contributed by atoms with Crippen molar-refractivity contribution >= 4 is 11.9 Å². The summed E-state index contributed by atoms with van der Waals surface area (Å²) in [6, 6.07) is 3.60. The summed E-state index contributed by atoms with van der Waals surface area (Å²) in [5, 5.41) is 0. The molecule has 0 unspecified atom stereocenters. The number of Topliss-reactive ketones (excluding diaryl/α,β-unsaturated/α-hetero) is 1. The molecule has 114 valence electrons. The molecular formula is C18H17F2NO. The normalized spacial score (nSPS) is 10.8. The average Bonchev–Trinajstić information content (AvgIpc) is 2.48. The van der Waals surface area contributed by atoms with E-state index in [1.54, 1.807) is 18.3 Å². The predicted octanol–water partition coefficient (Wildman–Crippen LogP) is 5.00. The van der Waals surface area contributed by atoms with Crippen LogP contribution in [0.15, 0.2) is 31.0 Å². The van der Waals surface area contributed by atoms with Crippen LogP contribution in [0.3, 0.4) is 0 Å². The lowest BCUT2D eigenvalue weighted by Gasteiger charge is -2.12. The summed E-state index contributed by atoms with van der Waals surface area (Å²) in [5.41, 5.74) is 1.89. The minimum atomic E-state index is -0.751. The molecule has 0 saturated heterocycles. The van der Waals surface area contributed by atoms with Crippen molar-refractivity contribution in [2.45, 2.75) is 26.7 Å². The lowest BCUT2D eigenvalue weighted by molar-refractivity contribution is 0.101. The number of ketones is 1. The van der Waals surface area contributed by atoms with Crippen LogP contribution in [0.2, 0.25) is 0 Å². The third-order valence-corrected chi connectivity index (χ3v) is 3.52. The summed E-state index contributed by atoms with van der Waals surface area (Å²) in [6.45, 7) is 8.98. The van der Waals surface area contributed by atoms with Crippen LogP contribution < -0.4 is 0 Å². The van der Waals surface area contributed by atoms with E-state index in [0.29, 0.717) is 5.69 Å². The van der Waals surface area contributed by atoms with Gasteiger partial charge in [0.15, 0.2) is 5.78 Å². The van der Waals surface area contributed by atoms with Gasteiger partial charge in [0.25, 0.3) is 0 Å². The number of halogens is 2. The Kier molecular flexibility index (Phi) is 4.50. The average molecular weight is 301 g/mol. The van der Waals surface area contributed by atoms with Gasteiger partial charge in [0.05, 0.1) is 11.3 Å². The Morgan fingerprint density at radius 1 is 1.23 bits per heavy atom. The molecule has 2 aromatic rings. The topological polar surface area (TPSA) is 30.0 Å². The lowest BCUT2D eigenvalue weighted by atomic mass is 9.97. The van der Waals surface area contributed by atoms with Crippen molar-refractivity contribution in [1.82, 2.24) is 4.98 Å². The van der Waals surface area contributed by atoms with Crippen LogP contribution in [-0.2, 0) is 0 Å². The van der Waals surface area contributed by atoms with Crippen LogP contribution in [0.4, 0.5) is 8.78 Å². The van der Waals surface area contributed by atoms with Crippen LogP contribution in [-0.4, -0.2) is 10.8 Å². The van der Waals surface area contributed by atoms with Crippen LogP contribution in [0.25, 0.3) is 17.3 Å². The number of pyridine rings is 1. The Morgan fingerprint density at radius 2 is 1.91 bits per heavy atom. The first-order valence-electron chi connectivity index (χ1n) is 6.97. The maximum absolute atomic E-state index is 14.2. The first kappa shape index (κ1) is 16.0.